The van der Waals surface area contributed by atoms with Crippen molar-refractivity contribution in [1.29, 1.82) is 0 Å². The summed E-state index contributed by atoms with van der Waals surface area (Å²) in [5.41, 5.74) is -0.769. The molecule has 19 heavy (non-hydrogen) atoms. The molecule has 0 saturated carbocycles. The van der Waals surface area contributed by atoms with E-state index in [9.17, 15) is 18.4 Å². The average molecular weight is 264 g/mol. The van der Waals surface area contributed by atoms with Gasteiger partial charge in [0.1, 0.15) is 11.5 Å². The van der Waals surface area contributed by atoms with Crippen LogP contribution in [0.5, 0.6) is 0 Å². The van der Waals surface area contributed by atoms with Crippen LogP contribution in [0.4, 0.5) is 14.5 Å². The highest BCUT2D eigenvalue weighted by Gasteiger charge is 2.15. The second kappa shape index (κ2) is 5.01. The zero-order chi connectivity index (χ0) is 14.0. The molecule has 2 rings (SSSR count). The molecule has 0 spiro atoms. The normalized spacial score (nSPS) is 10.3. The second-order valence-electron chi connectivity index (χ2n) is 3.95. The maximum Gasteiger partial charge on any atom is 0.256 e. The van der Waals surface area contributed by atoms with Crippen molar-refractivity contribution in [3.8, 4) is 0 Å². The fourth-order valence-electron chi connectivity index (χ4n) is 1.54. The molecule has 2 N–H and O–H groups in total. The van der Waals surface area contributed by atoms with Crippen LogP contribution in [0.3, 0.4) is 0 Å². The maximum atomic E-state index is 13.7. The largest absolute Gasteiger partial charge is 0.329 e. The van der Waals surface area contributed by atoms with Crippen molar-refractivity contribution in [1.82, 2.24) is 4.98 Å². The lowest BCUT2D eigenvalue weighted by atomic mass is 10.2. The van der Waals surface area contributed by atoms with Gasteiger partial charge in [0.2, 0.25) is 5.56 Å². The van der Waals surface area contributed by atoms with E-state index in [0.717, 1.165) is 12.1 Å². The number of carbonyl (C=O) groups is 1. The lowest BCUT2D eigenvalue weighted by molar-refractivity contribution is 0.102. The van der Waals surface area contributed by atoms with Crippen molar-refractivity contribution in [2.75, 3.05) is 5.32 Å². The van der Waals surface area contributed by atoms with Gasteiger partial charge >= 0.3 is 0 Å². The first-order chi connectivity index (χ1) is 8.99. The number of amides is 1. The standard InChI is InChI=1S/C13H10F2N2O2/c1-7-2-3-9(14)12(11(7)15)17-13(19)8-4-5-16-10(18)6-8/h2-6H,1H3,(H,16,18)(H,17,19). The molecule has 0 atom stereocenters. The highest BCUT2D eigenvalue weighted by Crippen LogP contribution is 2.22. The van der Waals surface area contributed by atoms with E-state index in [2.05, 4.69) is 10.3 Å². The van der Waals surface area contributed by atoms with Gasteiger partial charge in [-0.15, -0.1) is 0 Å². The van der Waals surface area contributed by atoms with Gasteiger partial charge in [-0.05, 0) is 24.6 Å². The number of carbonyl (C=O) groups excluding carboxylic acids is 1. The number of halogens is 2. The van der Waals surface area contributed by atoms with Gasteiger partial charge in [0, 0.05) is 17.8 Å². The number of pyridine rings is 1. The lowest BCUT2D eigenvalue weighted by Crippen LogP contribution is -2.17. The molecule has 0 aliphatic carbocycles. The Morgan fingerprint density at radius 2 is 2.00 bits per heavy atom. The zero-order valence-corrected chi connectivity index (χ0v) is 9.96. The number of hydrogen-bond donors (Lipinski definition) is 2. The van der Waals surface area contributed by atoms with Crippen molar-refractivity contribution in [3.63, 3.8) is 0 Å². The molecule has 0 aliphatic rings. The first-order valence-corrected chi connectivity index (χ1v) is 5.43. The molecule has 1 aromatic carbocycles. The van der Waals surface area contributed by atoms with Crippen LogP contribution in [0.2, 0.25) is 0 Å². The molecular formula is C13H10F2N2O2. The SMILES string of the molecule is Cc1ccc(F)c(NC(=O)c2cc[nH]c(=O)c2)c1F. The minimum Gasteiger partial charge on any atom is -0.329 e. The molecule has 2 aromatic rings. The quantitative estimate of drug-likeness (QED) is 0.873. The van der Waals surface area contributed by atoms with Crippen LogP contribution in [0.25, 0.3) is 0 Å². The van der Waals surface area contributed by atoms with E-state index >= 15 is 0 Å². The number of aromatic nitrogens is 1. The average Bonchev–Trinajstić information content (AvgIpc) is 2.39. The second-order valence-corrected chi connectivity index (χ2v) is 3.95. The van der Waals surface area contributed by atoms with Crippen LogP contribution in [-0.2, 0) is 0 Å². The summed E-state index contributed by atoms with van der Waals surface area (Å²) in [5.74, 6) is -2.46. The van der Waals surface area contributed by atoms with Crippen LogP contribution < -0.4 is 10.9 Å². The van der Waals surface area contributed by atoms with Crippen LogP contribution >= 0.6 is 0 Å². The van der Waals surface area contributed by atoms with Gasteiger partial charge in [-0.1, -0.05) is 6.07 Å². The van der Waals surface area contributed by atoms with Crippen molar-refractivity contribution in [2.45, 2.75) is 6.92 Å². The van der Waals surface area contributed by atoms with E-state index in [1.54, 1.807) is 0 Å². The number of aryl methyl sites for hydroxylation is 1. The smallest absolute Gasteiger partial charge is 0.256 e. The Kier molecular flexibility index (Phi) is 3.41. The summed E-state index contributed by atoms with van der Waals surface area (Å²) < 4.78 is 27.2. The first-order valence-electron chi connectivity index (χ1n) is 5.43. The molecule has 6 heteroatoms. The van der Waals surface area contributed by atoms with Gasteiger partial charge in [-0.25, -0.2) is 8.78 Å². The molecule has 0 fully saturated rings. The first kappa shape index (κ1) is 12.9. The predicted molar refractivity (Wildman–Crippen MR) is 66.1 cm³/mol. The molecule has 1 heterocycles. The summed E-state index contributed by atoms with van der Waals surface area (Å²) in [6, 6.07) is 4.71. The molecule has 0 saturated heterocycles. The Morgan fingerprint density at radius 3 is 2.68 bits per heavy atom. The summed E-state index contributed by atoms with van der Waals surface area (Å²) in [6.45, 7) is 1.46. The maximum absolute atomic E-state index is 13.7. The summed E-state index contributed by atoms with van der Waals surface area (Å²) in [4.78, 5) is 25.2. The Hall–Kier alpha value is -2.50. The van der Waals surface area contributed by atoms with Gasteiger partial charge in [-0.3, -0.25) is 9.59 Å². The Bertz CT molecular complexity index is 695. The Labute approximate surface area is 107 Å². The minimum absolute atomic E-state index is 0.0176. The predicted octanol–water partition coefficient (Wildman–Crippen LogP) is 2.21. The van der Waals surface area contributed by atoms with Crippen molar-refractivity contribution in [2.24, 2.45) is 0 Å². The lowest BCUT2D eigenvalue weighted by Gasteiger charge is -2.09. The van der Waals surface area contributed by atoms with E-state index in [0.29, 0.717) is 0 Å². The van der Waals surface area contributed by atoms with E-state index in [1.165, 1.54) is 25.3 Å². The van der Waals surface area contributed by atoms with Crippen LogP contribution in [0, 0.1) is 18.6 Å². The topological polar surface area (TPSA) is 62.0 Å². The molecule has 0 bridgehead atoms. The highest BCUT2D eigenvalue weighted by atomic mass is 19.1. The van der Waals surface area contributed by atoms with Crippen LogP contribution in [0.1, 0.15) is 15.9 Å². The number of rotatable bonds is 2. The third-order valence-electron chi connectivity index (χ3n) is 2.56. The van der Waals surface area contributed by atoms with Gasteiger partial charge in [-0.2, -0.15) is 0 Å². The van der Waals surface area contributed by atoms with E-state index in [1.807, 2.05) is 0 Å². The summed E-state index contributed by atoms with van der Waals surface area (Å²) in [5, 5.41) is 2.12. The van der Waals surface area contributed by atoms with E-state index in [-0.39, 0.29) is 11.1 Å². The highest BCUT2D eigenvalue weighted by molar-refractivity contribution is 6.04. The number of benzene rings is 1. The Balaban J connectivity index is 2.34. The molecular weight excluding hydrogens is 254 g/mol. The minimum atomic E-state index is -0.874. The molecule has 4 nitrogen and oxygen atoms in total. The van der Waals surface area contributed by atoms with Crippen LogP contribution in [-0.4, -0.2) is 10.9 Å². The van der Waals surface area contributed by atoms with Crippen molar-refractivity contribution < 1.29 is 13.6 Å². The zero-order valence-electron chi connectivity index (χ0n) is 9.96. The number of hydrogen-bond acceptors (Lipinski definition) is 2. The summed E-state index contributed by atoms with van der Waals surface area (Å²) in [7, 11) is 0. The fraction of sp³-hybridized carbons (Fsp3) is 0.0769. The van der Waals surface area contributed by atoms with Crippen LogP contribution in [0.15, 0.2) is 35.3 Å². The van der Waals surface area contributed by atoms with E-state index in [4.69, 9.17) is 0 Å². The summed E-state index contributed by atoms with van der Waals surface area (Å²) in [6.07, 6.45) is 1.28. The molecule has 0 unspecified atom stereocenters. The fourth-order valence-corrected chi connectivity index (χ4v) is 1.54. The number of H-pyrrole nitrogens is 1. The number of nitrogens with one attached hydrogen (secondary N) is 2. The van der Waals surface area contributed by atoms with Gasteiger partial charge in [0.25, 0.3) is 5.91 Å². The third-order valence-corrected chi connectivity index (χ3v) is 2.56. The van der Waals surface area contributed by atoms with Crippen molar-refractivity contribution in [3.05, 3.63) is 63.6 Å². The molecule has 98 valence electrons. The van der Waals surface area contributed by atoms with Crippen molar-refractivity contribution >= 4 is 11.6 Å². The number of aromatic amines is 1. The number of anilines is 1. The molecule has 0 aliphatic heterocycles. The molecule has 1 amide bonds. The van der Waals surface area contributed by atoms with E-state index < -0.39 is 28.8 Å². The van der Waals surface area contributed by atoms with Gasteiger partial charge in [0.15, 0.2) is 5.82 Å². The Morgan fingerprint density at radius 1 is 1.26 bits per heavy atom. The third kappa shape index (κ3) is 2.67. The molecule has 0 radical (unpaired) electrons. The summed E-state index contributed by atoms with van der Waals surface area (Å²) >= 11 is 0. The molecule has 1 aromatic heterocycles. The van der Waals surface area contributed by atoms with Gasteiger partial charge in [0.05, 0.1) is 0 Å². The monoisotopic (exact) mass is 264 g/mol. The van der Waals surface area contributed by atoms with Gasteiger partial charge < -0.3 is 10.3 Å².